The first kappa shape index (κ1) is 31.3. The van der Waals surface area contributed by atoms with Crippen molar-refractivity contribution in [2.45, 2.75) is 62.3 Å². The van der Waals surface area contributed by atoms with Gasteiger partial charge in [0.2, 0.25) is 11.8 Å². The van der Waals surface area contributed by atoms with Crippen molar-refractivity contribution < 1.29 is 55.3 Å². The van der Waals surface area contributed by atoms with Gasteiger partial charge in [0.1, 0.15) is 31.2 Å². The molecule has 4 aliphatic heterocycles. The summed E-state index contributed by atoms with van der Waals surface area (Å²) in [5, 5.41) is 23.2. The van der Waals surface area contributed by atoms with Gasteiger partial charge in [-0.15, -0.1) is 11.8 Å². The van der Waals surface area contributed by atoms with Gasteiger partial charge in [0.05, 0.1) is 37.7 Å². The first-order valence-electron chi connectivity index (χ1n) is 12.7. The van der Waals surface area contributed by atoms with E-state index in [1.54, 1.807) is 6.92 Å². The number of fused-ring (bicyclic) bond motifs is 2. The molecule has 0 aliphatic carbocycles. The van der Waals surface area contributed by atoms with Crippen molar-refractivity contribution >= 4 is 39.7 Å². The quantitative estimate of drug-likeness (QED) is 0.165. The molecule has 0 radical (unpaired) electrons. The Morgan fingerprint density at radius 3 is 2.49 bits per heavy atom. The van der Waals surface area contributed by atoms with Crippen LogP contribution >= 0.6 is 11.8 Å². The SMILES string of the molecule is C[C@@H](O)[C@H]1C(=O)N2C(C(=O)O)=C(S[C@@H]3CN[C@H](C(=O)N4CCn5cc[n+](C)c5C4)C3)[C@H](C)[C@H]12.O=S(=O)([O-])C(F)(F)F. The number of alkyl halides is 3. The van der Waals surface area contributed by atoms with Crippen LogP contribution in [0.4, 0.5) is 13.2 Å². The van der Waals surface area contributed by atoms with E-state index in [0.29, 0.717) is 31.0 Å². The van der Waals surface area contributed by atoms with Crippen molar-refractivity contribution in [2.24, 2.45) is 18.9 Å². The molecule has 0 unspecified atom stereocenters. The van der Waals surface area contributed by atoms with Gasteiger partial charge >= 0.3 is 11.5 Å². The summed E-state index contributed by atoms with van der Waals surface area (Å²) in [6.45, 7) is 6.11. The molecule has 4 aliphatic rings. The molecule has 13 nitrogen and oxygen atoms in total. The second-order valence-corrected chi connectivity index (χ2v) is 13.1. The zero-order chi connectivity index (χ0) is 30.6. The van der Waals surface area contributed by atoms with Crippen molar-refractivity contribution in [1.29, 1.82) is 0 Å². The highest BCUT2D eigenvalue weighted by atomic mass is 32.2. The van der Waals surface area contributed by atoms with E-state index in [1.807, 2.05) is 35.8 Å². The Morgan fingerprint density at radius 1 is 1.29 bits per heavy atom. The first-order chi connectivity index (χ1) is 18.9. The number of aryl methyl sites for hydroxylation is 1. The third-order valence-corrected chi connectivity index (χ3v) is 9.82. The molecular weight excluding hydrogens is 595 g/mol. The fraction of sp³-hybridized carbons (Fsp3) is 0.652. The summed E-state index contributed by atoms with van der Waals surface area (Å²) in [6.07, 6.45) is 3.82. The van der Waals surface area contributed by atoms with E-state index < -0.39 is 33.6 Å². The van der Waals surface area contributed by atoms with Crippen LogP contribution in [-0.2, 0) is 44.6 Å². The average molecular weight is 626 g/mol. The Labute approximate surface area is 237 Å². The van der Waals surface area contributed by atoms with E-state index in [2.05, 4.69) is 9.88 Å². The maximum absolute atomic E-state index is 13.2. The number of carbonyl (C=O) groups is 3. The van der Waals surface area contributed by atoms with Gasteiger partial charge in [0.25, 0.3) is 5.82 Å². The molecule has 228 valence electrons. The molecule has 0 bridgehead atoms. The summed E-state index contributed by atoms with van der Waals surface area (Å²) in [6, 6.07) is -0.619. The van der Waals surface area contributed by atoms with E-state index in [4.69, 9.17) is 13.0 Å². The molecule has 5 rings (SSSR count). The number of hydrogen-bond acceptors (Lipinski definition) is 9. The van der Waals surface area contributed by atoms with Gasteiger partial charge < -0.3 is 29.9 Å². The van der Waals surface area contributed by atoms with Crippen LogP contribution in [0.1, 0.15) is 26.1 Å². The van der Waals surface area contributed by atoms with E-state index in [-0.39, 0.29) is 40.8 Å². The molecule has 1 aromatic rings. The number of aliphatic hydroxyl groups excluding tert-OH is 1. The van der Waals surface area contributed by atoms with Crippen molar-refractivity contribution in [2.75, 3.05) is 13.1 Å². The lowest BCUT2D eigenvalue weighted by molar-refractivity contribution is -0.680. The maximum Gasteiger partial charge on any atom is 0.485 e. The number of aliphatic carboxylic acids is 1. The Bertz CT molecular complexity index is 1380. The molecule has 5 heterocycles. The smallest absolute Gasteiger partial charge is 0.485 e. The van der Waals surface area contributed by atoms with Crippen molar-refractivity contribution in [3.8, 4) is 0 Å². The molecule has 1 aromatic heterocycles. The molecule has 2 amide bonds. The molecule has 2 fully saturated rings. The third kappa shape index (κ3) is 5.84. The lowest BCUT2D eigenvalue weighted by atomic mass is 9.79. The number of nitrogens with one attached hydrogen (secondary N) is 1. The van der Waals surface area contributed by atoms with E-state index in [1.165, 1.54) is 16.7 Å². The largest absolute Gasteiger partial charge is 0.741 e. The lowest BCUT2D eigenvalue weighted by Crippen LogP contribution is -2.63. The third-order valence-electron chi connectivity index (χ3n) is 7.74. The van der Waals surface area contributed by atoms with Gasteiger partial charge in [-0.3, -0.25) is 9.59 Å². The number of rotatable bonds is 5. The Balaban J connectivity index is 0.000000426. The number of amides is 2. The number of imidazole rings is 1. The van der Waals surface area contributed by atoms with Crippen LogP contribution in [0.25, 0.3) is 0 Å². The first-order valence-corrected chi connectivity index (χ1v) is 15.0. The summed E-state index contributed by atoms with van der Waals surface area (Å²) < 4.78 is 63.1. The normalized spacial score (nSPS) is 28.5. The summed E-state index contributed by atoms with van der Waals surface area (Å²) in [7, 11) is -4.11. The number of halogens is 3. The van der Waals surface area contributed by atoms with Gasteiger partial charge in [-0.1, -0.05) is 6.92 Å². The van der Waals surface area contributed by atoms with E-state index >= 15 is 0 Å². The Morgan fingerprint density at radius 2 is 1.93 bits per heavy atom. The zero-order valence-electron chi connectivity index (χ0n) is 22.2. The summed E-state index contributed by atoms with van der Waals surface area (Å²) in [5.41, 5.74) is -5.61. The lowest BCUT2D eigenvalue weighted by Gasteiger charge is -2.46. The van der Waals surface area contributed by atoms with Crippen LogP contribution in [0.3, 0.4) is 0 Å². The second kappa shape index (κ2) is 11.2. The zero-order valence-corrected chi connectivity index (χ0v) is 23.9. The summed E-state index contributed by atoms with van der Waals surface area (Å²) in [5.74, 6) is -1.00. The molecule has 3 N–H and O–H groups in total. The van der Waals surface area contributed by atoms with Crippen LogP contribution in [0, 0.1) is 11.8 Å². The number of β-lactam (4-membered cyclic amide) rings is 1. The summed E-state index contributed by atoms with van der Waals surface area (Å²) in [4.78, 5) is 41.6. The molecule has 2 saturated heterocycles. The fourth-order valence-electron chi connectivity index (χ4n) is 5.69. The van der Waals surface area contributed by atoms with Gasteiger partial charge in [0, 0.05) is 22.6 Å². The predicted octanol–water partition coefficient (Wildman–Crippen LogP) is -0.676. The van der Waals surface area contributed by atoms with Crippen LogP contribution < -0.4 is 9.88 Å². The summed E-state index contributed by atoms with van der Waals surface area (Å²) >= 11 is 1.46. The standard InChI is InChI=1S/C22H29N5O5S.CHF3O3S/c1-11-17-16(12(2)28)21(30)27(17)18(22(31)32)19(11)33-13-8-14(23-9-13)20(29)26-7-6-25-5-4-24(3)15(25)10-26;2-1(3,4)8(5,6)7/h4-5,11-14,16-17,23,28H,6-10H2,1-3H3;(H,5,6,7)/t11-,12-,13+,14+,16-,17-;/m1./s1. The number of carboxylic acid groups (broad SMARTS) is 1. The number of hydrogen-bond donors (Lipinski definition) is 3. The van der Waals surface area contributed by atoms with Crippen LogP contribution in [0.2, 0.25) is 0 Å². The van der Waals surface area contributed by atoms with E-state index in [0.717, 1.165) is 12.4 Å². The molecule has 6 atom stereocenters. The molecular formula is C23H30F3N5O8S2. The maximum atomic E-state index is 13.2. The number of aromatic nitrogens is 2. The van der Waals surface area contributed by atoms with Crippen LogP contribution in [0.5, 0.6) is 0 Å². The number of carbonyl (C=O) groups excluding carboxylic acids is 2. The van der Waals surface area contributed by atoms with Gasteiger partial charge in [-0.05, 0) is 13.3 Å². The predicted molar refractivity (Wildman–Crippen MR) is 134 cm³/mol. The number of carboxylic acids is 1. The minimum absolute atomic E-state index is 0.0364. The van der Waals surface area contributed by atoms with Crippen LogP contribution in [-0.4, -0.2) is 97.4 Å². The molecule has 0 spiro atoms. The monoisotopic (exact) mass is 625 g/mol. The van der Waals surface area contributed by atoms with Crippen molar-refractivity contribution in [3.63, 3.8) is 0 Å². The van der Waals surface area contributed by atoms with E-state index in [9.17, 15) is 37.8 Å². The number of nitrogens with zero attached hydrogens (tertiary/aromatic N) is 4. The van der Waals surface area contributed by atoms with Crippen LogP contribution in [0.15, 0.2) is 23.0 Å². The Kier molecular flexibility index (Phi) is 8.54. The highest BCUT2D eigenvalue weighted by Gasteiger charge is 2.60. The number of thioether (sulfide) groups is 1. The topological polar surface area (TPSA) is 176 Å². The van der Waals surface area contributed by atoms with Crippen molar-refractivity contribution in [3.05, 3.63) is 28.8 Å². The molecule has 41 heavy (non-hydrogen) atoms. The van der Waals surface area contributed by atoms with Gasteiger partial charge in [-0.2, -0.15) is 13.2 Å². The minimum Gasteiger partial charge on any atom is -0.741 e. The molecule has 0 aromatic carbocycles. The fourth-order valence-corrected chi connectivity index (χ4v) is 7.17. The van der Waals surface area contributed by atoms with Gasteiger partial charge in [-0.25, -0.2) is 22.3 Å². The molecule has 18 heteroatoms. The highest BCUT2D eigenvalue weighted by Crippen LogP contribution is 2.51. The Hall–Kier alpha value is -2.67. The average Bonchev–Trinajstić information content (AvgIpc) is 3.54. The minimum atomic E-state index is -6.09. The molecule has 0 saturated carbocycles. The van der Waals surface area contributed by atoms with Crippen molar-refractivity contribution in [1.82, 2.24) is 19.7 Å². The second-order valence-electron chi connectivity index (χ2n) is 10.4. The highest BCUT2D eigenvalue weighted by molar-refractivity contribution is 8.03. The van der Waals surface area contributed by atoms with Gasteiger partial charge in [0.15, 0.2) is 10.1 Å². The number of aliphatic hydroxyl groups is 1.